The first kappa shape index (κ1) is 11.6. The van der Waals surface area contributed by atoms with E-state index in [0.29, 0.717) is 28.4 Å². The highest BCUT2D eigenvalue weighted by atomic mass is 16.5. The summed E-state index contributed by atoms with van der Waals surface area (Å²) in [6.07, 6.45) is 0. The van der Waals surface area contributed by atoms with Crippen molar-refractivity contribution < 1.29 is 9.15 Å². The van der Waals surface area contributed by atoms with E-state index in [9.17, 15) is 0 Å². The number of hydrogen-bond acceptors (Lipinski definition) is 4. The van der Waals surface area contributed by atoms with Gasteiger partial charge in [-0.25, -0.2) is 4.98 Å². The highest BCUT2D eigenvalue weighted by Crippen LogP contribution is 2.32. The van der Waals surface area contributed by atoms with Gasteiger partial charge in [0.2, 0.25) is 5.89 Å². The lowest BCUT2D eigenvalue weighted by atomic mass is 10.1. The molecule has 3 aromatic rings. The minimum Gasteiger partial charge on any atom is -0.494 e. The molecule has 0 radical (unpaired) electrons. The normalized spacial score (nSPS) is 10.8. The molecular weight excluding hydrogens is 240 g/mol. The topological polar surface area (TPSA) is 61.3 Å². The molecule has 0 atom stereocenters. The van der Waals surface area contributed by atoms with Gasteiger partial charge < -0.3 is 14.9 Å². The molecule has 0 bridgehead atoms. The van der Waals surface area contributed by atoms with Crippen LogP contribution in [0.15, 0.2) is 40.8 Å². The lowest BCUT2D eigenvalue weighted by Gasteiger charge is -2.01. The third kappa shape index (κ3) is 1.91. The highest BCUT2D eigenvalue weighted by molar-refractivity contribution is 5.84. The van der Waals surface area contributed by atoms with Crippen molar-refractivity contribution in [3.05, 3.63) is 42.0 Å². The van der Waals surface area contributed by atoms with Gasteiger partial charge in [0, 0.05) is 5.69 Å². The first-order chi connectivity index (χ1) is 9.19. The molecule has 0 aliphatic heterocycles. The summed E-state index contributed by atoms with van der Waals surface area (Å²) in [5, 5.41) is 0. The Labute approximate surface area is 110 Å². The maximum absolute atomic E-state index is 5.98. The highest BCUT2D eigenvalue weighted by Gasteiger charge is 2.13. The Morgan fingerprint density at radius 1 is 1.21 bits per heavy atom. The van der Waals surface area contributed by atoms with Crippen molar-refractivity contribution in [3.63, 3.8) is 0 Å². The molecule has 1 heterocycles. The largest absolute Gasteiger partial charge is 0.494 e. The number of benzene rings is 2. The number of nitrogens with two attached hydrogens (primary N) is 1. The van der Waals surface area contributed by atoms with Gasteiger partial charge >= 0.3 is 0 Å². The van der Waals surface area contributed by atoms with Crippen molar-refractivity contribution in [2.45, 2.75) is 6.92 Å². The van der Waals surface area contributed by atoms with Crippen molar-refractivity contribution in [2.75, 3.05) is 12.8 Å². The quantitative estimate of drug-likeness (QED) is 0.712. The van der Waals surface area contributed by atoms with E-state index >= 15 is 0 Å². The molecule has 0 aliphatic rings. The standard InChI is InChI=1S/C15H14N2O2/c1-9-6-7-11(16)10(8-9)15-17-14-12(18-2)4-3-5-13(14)19-15/h3-8H,16H2,1-2H3. The van der Waals surface area contributed by atoms with Gasteiger partial charge in [0.05, 0.1) is 12.7 Å². The molecule has 2 N–H and O–H groups in total. The lowest BCUT2D eigenvalue weighted by Crippen LogP contribution is -1.90. The number of fused-ring (bicyclic) bond motifs is 1. The number of ether oxygens (including phenoxy) is 1. The van der Waals surface area contributed by atoms with Gasteiger partial charge in [0.1, 0.15) is 5.75 Å². The van der Waals surface area contributed by atoms with Crippen molar-refractivity contribution >= 4 is 16.8 Å². The molecule has 4 nitrogen and oxygen atoms in total. The monoisotopic (exact) mass is 254 g/mol. The van der Waals surface area contributed by atoms with E-state index in [4.69, 9.17) is 14.9 Å². The van der Waals surface area contributed by atoms with Crippen LogP contribution in [0.1, 0.15) is 5.56 Å². The lowest BCUT2D eigenvalue weighted by molar-refractivity contribution is 0.419. The van der Waals surface area contributed by atoms with E-state index in [-0.39, 0.29) is 0 Å². The number of hydrogen-bond donors (Lipinski definition) is 1. The van der Waals surface area contributed by atoms with Crippen LogP contribution >= 0.6 is 0 Å². The van der Waals surface area contributed by atoms with E-state index in [2.05, 4.69) is 4.98 Å². The van der Waals surface area contributed by atoms with Crippen LogP contribution in [0.2, 0.25) is 0 Å². The number of para-hydroxylation sites is 1. The van der Waals surface area contributed by atoms with Crippen molar-refractivity contribution in [1.29, 1.82) is 0 Å². The van der Waals surface area contributed by atoms with Crippen LogP contribution in [-0.4, -0.2) is 12.1 Å². The summed E-state index contributed by atoms with van der Waals surface area (Å²) in [4.78, 5) is 4.48. The molecule has 19 heavy (non-hydrogen) atoms. The molecule has 0 saturated carbocycles. The molecule has 0 unspecified atom stereocenters. The van der Waals surface area contributed by atoms with Gasteiger partial charge in [-0.1, -0.05) is 17.7 Å². The summed E-state index contributed by atoms with van der Waals surface area (Å²) in [6.45, 7) is 2.01. The second-order valence-electron chi connectivity index (χ2n) is 4.42. The van der Waals surface area contributed by atoms with E-state index in [1.54, 1.807) is 7.11 Å². The van der Waals surface area contributed by atoms with Crippen LogP contribution in [0.5, 0.6) is 5.75 Å². The molecule has 3 rings (SSSR count). The van der Waals surface area contributed by atoms with Gasteiger partial charge in [-0.2, -0.15) is 0 Å². The summed E-state index contributed by atoms with van der Waals surface area (Å²) < 4.78 is 11.0. The average molecular weight is 254 g/mol. The fraction of sp³-hybridized carbons (Fsp3) is 0.133. The Morgan fingerprint density at radius 3 is 2.84 bits per heavy atom. The van der Waals surface area contributed by atoms with Crippen LogP contribution in [0.25, 0.3) is 22.6 Å². The molecule has 0 aliphatic carbocycles. The zero-order valence-electron chi connectivity index (χ0n) is 10.8. The van der Waals surface area contributed by atoms with Crippen LogP contribution in [-0.2, 0) is 0 Å². The summed E-state index contributed by atoms with van der Waals surface area (Å²) >= 11 is 0. The number of nitrogen functional groups attached to an aromatic ring is 1. The predicted molar refractivity (Wildman–Crippen MR) is 75.1 cm³/mol. The van der Waals surface area contributed by atoms with Crippen LogP contribution in [0, 0.1) is 6.92 Å². The number of aromatic nitrogens is 1. The van der Waals surface area contributed by atoms with E-state index in [0.717, 1.165) is 11.1 Å². The third-order valence-corrected chi connectivity index (χ3v) is 3.04. The molecule has 2 aromatic carbocycles. The molecule has 0 saturated heterocycles. The summed E-state index contributed by atoms with van der Waals surface area (Å²) in [5.41, 5.74) is 9.94. The van der Waals surface area contributed by atoms with Crippen molar-refractivity contribution in [1.82, 2.24) is 4.98 Å². The fourth-order valence-electron chi connectivity index (χ4n) is 2.06. The van der Waals surface area contributed by atoms with Crippen LogP contribution < -0.4 is 10.5 Å². The summed E-state index contributed by atoms with van der Waals surface area (Å²) in [5.74, 6) is 1.21. The van der Waals surface area contributed by atoms with Gasteiger partial charge in [-0.15, -0.1) is 0 Å². The summed E-state index contributed by atoms with van der Waals surface area (Å²) in [7, 11) is 1.62. The smallest absolute Gasteiger partial charge is 0.229 e. The van der Waals surface area contributed by atoms with Crippen molar-refractivity contribution in [3.8, 4) is 17.2 Å². The van der Waals surface area contributed by atoms with Crippen molar-refractivity contribution in [2.24, 2.45) is 0 Å². The molecule has 0 spiro atoms. The van der Waals surface area contributed by atoms with Gasteiger partial charge in [-0.3, -0.25) is 0 Å². The Morgan fingerprint density at radius 2 is 2.05 bits per heavy atom. The van der Waals surface area contributed by atoms with Crippen LogP contribution in [0.3, 0.4) is 0 Å². The second kappa shape index (κ2) is 4.31. The van der Waals surface area contributed by atoms with Crippen LogP contribution in [0.4, 0.5) is 5.69 Å². The number of rotatable bonds is 2. The third-order valence-electron chi connectivity index (χ3n) is 3.04. The number of nitrogens with zero attached hydrogens (tertiary/aromatic N) is 1. The number of methoxy groups -OCH3 is 1. The fourth-order valence-corrected chi connectivity index (χ4v) is 2.06. The Kier molecular flexibility index (Phi) is 2.63. The molecule has 1 aromatic heterocycles. The number of oxazole rings is 1. The van der Waals surface area contributed by atoms with Gasteiger partial charge in [0.25, 0.3) is 0 Å². The molecule has 4 heteroatoms. The number of aryl methyl sites for hydroxylation is 1. The molecular formula is C15H14N2O2. The minimum absolute atomic E-state index is 0.515. The Bertz CT molecular complexity index is 747. The Balaban J connectivity index is 2.23. The van der Waals surface area contributed by atoms with E-state index in [1.165, 1.54) is 0 Å². The van der Waals surface area contributed by atoms with E-state index < -0.39 is 0 Å². The molecule has 96 valence electrons. The maximum Gasteiger partial charge on any atom is 0.229 e. The predicted octanol–water partition coefficient (Wildman–Crippen LogP) is 3.39. The minimum atomic E-state index is 0.515. The van der Waals surface area contributed by atoms with E-state index in [1.807, 2.05) is 43.3 Å². The molecule has 0 fully saturated rings. The molecule has 0 amide bonds. The summed E-state index contributed by atoms with van der Waals surface area (Å²) in [6, 6.07) is 11.4. The first-order valence-corrected chi connectivity index (χ1v) is 5.99. The zero-order chi connectivity index (χ0) is 13.4. The van der Waals surface area contributed by atoms with Gasteiger partial charge in [-0.05, 0) is 31.2 Å². The second-order valence-corrected chi connectivity index (χ2v) is 4.42. The maximum atomic E-state index is 5.98. The Hall–Kier alpha value is -2.49. The SMILES string of the molecule is COc1cccc2oc(-c3cc(C)ccc3N)nc12. The zero-order valence-corrected chi connectivity index (χ0v) is 10.8. The number of anilines is 1. The van der Waals surface area contributed by atoms with Gasteiger partial charge in [0.15, 0.2) is 11.1 Å². The average Bonchev–Trinajstić information content (AvgIpc) is 2.85. The first-order valence-electron chi connectivity index (χ1n) is 5.99.